The molecule has 4 rings (SSSR count). The molecule has 0 saturated carbocycles. The van der Waals surface area contributed by atoms with Crippen LogP contribution in [0.15, 0.2) is 48.5 Å². The van der Waals surface area contributed by atoms with Gasteiger partial charge in [0.05, 0.1) is 5.41 Å². The van der Waals surface area contributed by atoms with Gasteiger partial charge >= 0.3 is 12.4 Å². The first kappa shape index (κ1) is 23.2. The van der Waals surface area contributed by atoms with Crippen LogP contribution in [0.3, 0.4) is 0 Å². The van der Waals surface area contributed by atoms with Gasteiger partial charge in [-0.2, -0.15) is 0 Å². The molecule has 0 aromatic heterocycles. The largest absolute Gasteiger partial charge is 0.573 e. The van der Waals surface area contributed by atoms with E-state index in [2.05, 4.69) is 4.74 Å². The summed E-state index contributed by atoms with van der Waals surface area (Å²) in [5.41, 5.74) is 0.659. The molecular formula is C23H23ClF3N3O3. The molecule has 10 heteroatoms. The molecule has 3 amide bonds. The number of hydrogen-bond donors (Lipinski definition) is 0. The van der Waals surface area contributed by atoms with Crippen molar-refractivity contribution in [3.8, 4) is 5.75 Å². The minimum Gasteiger partial charge on any atom is -0.406 e. The number of carbonyl (C=O) groups is 2. The van der Waals surface area contributed by atoms with Crippen molar-refractivity contribution >= 4 is 34.9 Å². The molecule has 2 aliphatic heterocycles. The minimum absolute atomic E-state index is 0.0534. The number of amides is 3. The summed E-state index contributed by atoms with van der Waals surface area (Å²) in [4.78, 5) is 31.1. The maximum Gasteiger partial charge on any atom is 0.573 e. The maximum atomic E-state index is 13.3. The standard InChI is InChI=1S/C23H23ClF3N3O3/c1-28(18-4-2-3-16(24)15-18)21(32)29-12-9-22(10-13-29)11-14-30(20(22)31)17-5-7-19(8-6-17)33-23(25,26)27/h2-8,15H,9-14H2,1H3. The Morgan fingerprint density at radius 1 is 1.06 bits per heavy atom. The number of alkyl halides is 3. The number of rotatable bonds is 3. The molecule has 2 fully saturated rings. The van der Waals surface area contributed by atoms with E-state index >= 15 is 0 Å². The van der Waals surface area contributed by atoms with Crippen LogP contribution in [-0.2, 0) is 4.79 Å². The summed E-state index contributed by atoms with van der Waals surface area (Å²) in [7, 11) is 1.69. The SMILES string of the molecule is CN(C(=O)N1CCC2(CC1)CCN(c1ccc(OC(F)(F)F)cc1)C2=O)c1cccc(Cl)c1. The van der Waals surface area contributed by atoms with Crippen molar-refractivity contribution < 1.29 is 27.5 Å². The molecule has 176 valence electrons. The minimum atomic E-state index is -4.76. The van der Waals surface area contributed by atoms with Crippen molar-refractivity contribution in [2.45, 2.75) is 25.6 Å². The zero-order valence-electron chi connectivity index (χ0n) is 17.9. The van der Waals surface area contributed by atoms with E-state index in [4.69, 9.17) is 11.6 Å². The lowest BCUT2D eigenvalue weighted by molar-refractivity contribution is -0.274. The number of nitrogens with zero attached hydrogens (tertiary/aromatic N) is 3. The summed E-state index contributed by atoms with van der Waals surface area (Å²) in [5.74, 6) is -0.384. The van der Waals surface area contributed by atoms with Crippen LogP contribution in [-0.4, -0.2) is 49.9 Å². The molecule has 2 aromatic rings. The van der Waals surface area contributed by atoms with Gasteiger partial charge in [0, 0.05) is 43.1 Å². The van der Waals surface area contributed by atoms with Crippen molar-refractivity contribution in [3.05, 3.63) is 53.6 Å². The molecule has 0 bridgehead atoms. The maximum absolute atomic E-state index is 13.3. The van der Waals surface area contributed by atoms with Crippen LogP contribution < -0.4 is 14.5 Å². The summed E-state index contributed by atoms with van der Waals surface area (Å²) >= 11 is 6.03. The monoisotopic (exact) mass is 481 g/mol. The highest BCUT2D eigenvalue weighted by Gasteiger charge is 2.49. The first-order valence-corrected chi connectivity index (χ1v) is 10.9. The Hall–Kier alpha value is -2.94. The van der Waals surface area contributed by atoms with Crippen molar-refractivity contribution in [2.75, 3.05) is 36.5 Å². The Kier molecular flexibility index (Phi) is 6.18. The van der Waals surface area contributed by atoms with Crippen LogP contribution in [0, 0.1) is 5.41 Å². The molecule has 0 N–H and O–H groups in total. The van der Waals surface area contributed by atoms with Crippen molar-refractivity contribution in [1.29, 1.82) is 0 Å². The fourth-order valence-electron chi connectivity index (χ4n) is 4.49. The summed E-state index contributed by atoms with van der Waals surface area (Å²) in [6.07, 6.45) is -3.06. The fourth-order valence-corrected chi connectivity index (χ4v) is 4.68. The van der Waals surface area contributed by atoms with Crippen LogP contribution in [0.2, 0.25) is 5.02 Å². The van der Waals surface area contributed by atoms with Crippen LogP contribution in [0.4, 0.5) is 29.3 Å². The number of likely N-dealkylation sites (tertiary alicyclic amines) is 1. The third-order valence-electron chi connectivity index (χ3n) is 6.37. The van der Waals surface area contributed by atoms with Crippen molar-refractivity contribution in [3.63, 3.8) is 0 Å². The van der Waals surface area contributed by atoms with Gasteiger partial charge in [0.25, 0.3) is 0 Å². The molecule has 2 heterocycles. The van der Waals surface area contributed by atoms with Gasteiger partial charge in [-0.25, -0.2) is 4.79 Å². The van der Waals surface area contributed by atoms with E-state index in [-0.39, 0.29) is 17.7 Å². The van der Waals surface area contributed by atoms with Gasteiger partial charge in [0.1, 0.15) is 5.75 Å². The molecular weight excluding hydrogens is 459 g/mol. The highest BCUT2D eigenvalue weighted by atomic mass is 35.5. The highest BCUT2D eigenvalue weighted by molar-refractivity contribution is 6.30. The molecule has 0 radical (unpaired) electrons. The summed E-state index contributed by atoms with van der Waals surface area (Å²) < 4.78 is 41.0. The molecule has 2 aliphatic rings. The van der Waals surface area contributed by atoms with Crippen LogP contribution in [0.25, 0.3) is 0 Å². The first-order valence-electron chi connectivity index (χ1n) is 10.5. The summed E-state index contributed by atoms with van der Waals surface area (Å²) in [6.45, 7) is 1.37. The lowest BCUT2D eigenvalue weighted by atomic mass is 9.77. The first-order chi connectivity index (χ1) is 15.6. The second-order valence-corrected chi connectivity index (χ2v) is 8.77. The third kappa shape index (κ3) is 4.88. The van der Waals surface area contributed by atoms with Crippen molar-refractivity contribution in [1.82, 2.24) is 4.90 Å². The van der Waals surface area contributed by atoms with E-state index in [1.54, 1.807) is 41.1 Å². The molecule has 33 heavy (non-hydrogen) atoms. The van der Waals surface area contributed by atoms with Gasteiger partial charge in [0.2, 0.25) is 5.91 Å². The van der Waals surface area contributed by atoms with Gasteiger partial charge < -0.3 is 14.5 Å². The fraction of sp³-hybridized carbons (Fsp3) is 0.391. The predicted molar refractivity (Wildman–Crippen MR) is 119 cm³/mol. The smallest absolute Gasteiger partial charge is 0.406 e. The normalized spacial score (nSPS) is 18.0. The quantitative estimate of drug-likeness (QED) is 0.596. The molecule has 2 saturated heterocycles. The van der Waals surface area contributed by atoms with E-state index in [0.29, 0.717) is 55.3 Å². The zero-order chi connectivity index (χ0) is 23.8. The van der Waals surface area contributed by atoms with E-state index in [1.807, 2.05) is 0 Å². The molecule has 0 unspecified atom stereocenters. The Bertz CT molecular complexity index is 1040. The molecule has 1 spiro atoms. The average molecular weight is 482 g/mol. The van der Waals surface area contributed by atoms with Gasteiger partial charge in [-0.05, 0) is 61.7 Å². The second kappa shape index (κ2) is 8.78. The number of piperidine rings is 1. The summed E-state index contributed by atoms with van der Waals surface area (Å²) in [5, 5.41) is 0.541. The van der Waals surface area contributed by atoms with E-state index in [9.17, 15) is 22.8 Å². The van der Waals surface area contributed by atoms with E-state index in [0.717, 1.165) is 0 Å². The van der Waals surface area contributed by atoms with Gasteiger partial charge in [-0.1, -0.05) is 17.7 Å². The number of hydrogen-bond acceptors (Lipinski definition) is 3. The molecule has 0 aliphatic carbocycles. The number of anilines is 2. The topological polar surface area (TPSA) is 53.1 Å². The average Bonchev–Trinajstić information content (AvgIpc) is 3.08. The zero-order valence-corrected chi connectivity index (χ0v) is 18.7. The van der Waals surface area contributed by atoms with E-state index in [1.165, 1.54) is 29.2 Å². The molecule has 0 atom stereocenters. The van der Waals surface area contributed by atoms with Crippen LogP contribution in [0.5, 0.6) is 5.75 Å². The van der Waals surface area contributed by atoms with Gasteiger partial charge in [0.15, 0.2) is 0 Å². The van der Waals surface area contributed by atoms with Gasteiger partial charge in [-0.3, -0.25) is 9.69 Å². The third-order valence-corrected chi connectivity index (χ3v) is 6.60. The number of carbonyl (C=O) groups excluding carboxylic acids is 2. The van der Waals surface area contributed by atoms with Crippen molar-refractivity contribution in [2.24, 2.45) is 5.41 Å². The lowest BCUT2D eigenvalue weighted by Gasteiger charge is -2.39. The highest BCUT2D eigenvalue weighted by Crippen LogP contribution is 2.43. The van der Waals surface area contributed by atoms with E-state index < -0.39 is 11.8 Å². The molecule has 2 aromatic carbocycles. The Morgan fingerprint density at radius 2 is 1.70 bits per heavy atom. The number of ether oxygens (including phenoxy) is 1. The van der Waals surface area contributed by atoms with Crippen LogP contribution >= 0.6 is 11.6 Å². The second-order valence-electron chi connectivity index (χ2n) is 8.34. The Morgan fingerprint density at radius 3 is 2.30 bits per heavy atom. The Balaban J connectivity index is 1.39. The number of halogens is 4. The number of urea groups is 1. The number of benzene rings is 2. The Labute approximate surface area is 194 Å². The lowest BCUT2D eigenvalue weighted by Crippen LogP contribution is -2.50. The molecule has 6 nitrogen and oxygen atoms in total. The van der Waals surface area contributed by atoms with Crippen LogP contribution in [0.1, 0.15) is 19.3 Å². The predicted octanol–water partition coefficient (Wildman–Crippen LogP) is 5.31. The summed E-state index contributed by atoms with van der Waals surface area (Å²) in [6, 6.07) is 12.2. The van der Waals surface area contributed by atoms with Gasteiger partial charge in [-0.15, -0.1) is 13.2 Å².